The van der Waals surface area contributed by atoms with Crippen molar-refractivity contribution in [3.05, 3.63) is 72.1 Å². The van der Waals surface area contributed by atoms with Gasteiger partial charge in [-0.2, -0.15) is 0 Å². The van der Waals surface area contributed by atoms with Crippen LogP contribution in [0.4, 0.5) is 0 Å². The lowest BCUT2D eigenvalue weighted by molar-refractivity contribution is 0.0932. The van der Waals surface area contributed by atoms with Crippen LogP contribution in [0.1, 0.15) is 28.8 Å². The highest BCUT2D eigenvalue weighted by Crippen LogP contribution is 2.35. The smallest absolute Gasteiger partial charge is 0.251 e. The van der Waals surface area contributed by atoms with Crippen molar-refractivity contribution in [2.45, 2.75) is 24.0 Å². The molecule has 0 fully saturated rings. The monoisotopic (exact) mass is 379 g/mol. The predicted molar refractivity (Wildman–Crippen MR) is 107 cm³/mol. The standard InChI is InChI=1S/C21H21N3O2S/c1-14(18-13-26-19-9-4-3-8-17(18)19)23-20(25)15-6-5-7-16(12-15)24-11-10-22-21(24)27-2/h3-12,14,18H,13H2,1-2H3,(H,23,25). The summed E-state index contributed by atoms with van der Waals surface area (Å²) in [7, 11) is 0. The number of aromatic nitrogens is 2. The number of nitrogens with one attached hydrogen (secondary N) is 1. The van der Waals surface area contributed by atoms with Crippen molar-refractivity contribution in [3.8, 4) is 11.4 Å². The van der Waals surface area contributed by atoms with Gasteiger partial charge in [-0.25, -0.2) is 4.98 Å². The number of benzene rings is 2. The summed E-state index contributed by atoms with van der Waals surface area (Å²) in [6.07, 6.45) is 5.65. The third-order valence-corrected chi connectivity index (χ3v) is 5.54. The minimum Gasteiger partial charge on any atom is -0.493 e. The summed E-state index contributed by atoms with van der Waals surface area (Å²) in [5.74, 6) is 0.986. The summed E-state index contributed by atoms with van der Waals surface area (Å²) in [4.78, 5) is 17.1. The maximum absolute atomic E-state index is 12.8. The first-order valence-electron chi connectivity index (χ1n) is 8.87. The Hall–Kier alpha value is -2.73. The Balaban J connectivity index is 1.51. The van der Waals surface area contributed by atoms with Gasteiger partial charge in [0, 0.05) is 41.2 Å². The molecule has 1 aromatic heterocycles. The molecule has 2 unspecified atom stereocenters. The van der Waals surface area contributed by atoms with Crippen LogP contribution >= 0.6 is 11.8 Å². The van der Waals surface area contributed by atoms with E-state index in [0.717, 1.165) is 22.2 Å². The van der Waals surface area contributed by atoms with E-state index in [1.807, 2.05) is 66.4 Å². The van der Waals surface area contributed by atoms with E-state index in [-0.39, 0.29) is 17.9 Å². The lowest BCUT2D eigenvalue weighted by Crippen LogP contribution is -2.37. The minimum absolute atomic E-state index is 0.0280. The molecule has 2 aromatic carbocycles. The van der Waals surface area contributed by atoms with Crippen LogP contribution in [-0.2, 0) is 0 Å². The number of thioether (sulfide) groups is 1. The van der Waals surface area contributed by atoms with Gasteiger partial charge in [0.15, 0.2) is 5.16 Å². The van der Waals surface area contributed by atoms with Gasteiger partial charge in [-0.15, -0.1) is 0 Å². The quantitative estimate of drug-likeness (QED) is 0.684. The first-order valence-corrected chi connectivity index (χ1v) is 10.1. The third-order valence-electron chi connectivity index (χ3n) is 4.88. The number of carbonyl (C=O) groups is 1. The normalized spacial score (nSPS) is 16.4. The van der Waals surface area contributed by atoms with Crippen LogP contribution in [0.3, 0.4) is 0 Å². The van der Waals surface area contributed by atoms with Crippen molar-refractivity contribution < 1.29 is 9.53 Å². The molecule has 5 nitrogen and oxygen atoms in total. The predicted octanol–water partition coefficient (Wildman–Crippen LogP) is 3.89. The second kappa shape index (κ2) is 7.48. The zero-order valence-electron chi connectivity index (χ0n) is 15.3. The highest BCUT2D eigenvalue weighted by Gasteiger charge is 2.29. The molecule has 1 aliphatic rings. The molecular formula is C21H21N3O2S. The van der Waals surface area contributed by atoms with Gasteiger partial charge < -0.3 is 10.1 Å². The topological polar surface area (TPSA) is 56.2 Å². The van der Waals surface area contributed by atoms with Crippen molar-refractivity contribution in [3.63, 3.8) is 0 Å². The summed E-state index contributed by atoms with van der Waals surface area (Å²) in [5, 5.41) is 4.02. The molecule has 138 valence electrons. The van der Waals surface area contributed by atoms with Crippen LogP contribution in [0.5, 0.6) is 5.75 Å². The lowest BCUT2D eigenvalue weighted by atomic mass is 9.94. The average molecular weight is 379 g/mol. The number of hydrogen-bond acceptors (Lipinski definition) is 4. The summed E-state index contributed by atoms with van der Waals surface area (Å²) in [5.41, 5.74) is 2.71. The van der Waals surface area contributed by atoms with Crippen molar-refractivity contribution in [2.24, 2.45) is 0 Å². The average Bonchev–Trinajstić information content (AvgIpc) is 3.34. The van der Waals surface area contributed by atoms with E-state index >= 15 is 0 Å². The Kier molecular flexibility index (Phi) is 4.90. The second-order valence-electron chi connectivity index (χ2n) is 6.55. The van der Waals surface area contributed by atoms with Crippen LogP contribution in [0, 0.1) is 0 Å². The Morgan fingerprint density at radius 2 is 2.15 bits per heavy atom. The molecule has 6 heteroatoms. The summed E-state index contributed by atoms with van der Waals surface area (Å²) < 4.78 is 7.73. The van der Waals surface area contributed by atoms with Gasteiger partial charge in [-0.1, -0.05) is 36.0 Å². The fourth-order valence-electron chi connectivity index (χ4n) is 3.43. The van der Waals surface area contributed by atoms with Crippen LogP contribution in [0.15, 0.2) is 66.1 Å². The van der Waals surface area contributed by atoms with E-state index in [2.05, 4.69) is 16.4 Å². The number of ether oxygens (including phenoxy) is 1. The number of imidazole rings is 1. The first kappa shape index (κ1) is 17.7. The van der Waals surface area contributed by atoms with Gasteiger partial charge in [0.25, 0.3) is 5.91 Å². The number of rotatable bonds is 5. The number of hydrogen-bond donors (Lipinski definition) is 1. The van der Waals surface area contributed by atoms with E-state index in [0.29, 0.717) is 12.2 Å². The van der Waals surface area contributed by atoms with Gasteiger partial charge in [0.2, 0.25) is 0 Å². The fraction of sp³-hybridized carbons (Fsp3) is 0.238. The van der Waals surface area contributed by atoms with E-state index in [4.69, 9.17) is 4.74 Å². The molecule has 0 aliphatic carbocycles. The molecule has 27 heavy (non-hydrogen) atoms. The summed E-state index contributed by atoms with van der Waals surface area (Å²) in [6.45, 7) is 2.62. The van der Waals surface area contributed by atoms with E-state index in [1.54, 1.807) is 18.0 Å². The Bertz CT molecular complexity index is 969. The molecule has 0 bridgehead atoms. The van der Waals surface area contributed by atoms with Crippen molar-refractivity contribution in [1.82, 2.24) is 14.9 Å². The molecule has 3 aromatic rings. The van der Waals surface area contributed by atoms with E-state index in [9.17, 15) is 4.79 Å². The molecule has 2 heterocycles. The number of carbonyl (C=O) groups excluding carboxylic acids is 1. The molecule has 0 spiro atoms. The van der Waals surface area contributed by atoms with Gasteiger partial charge >= 0.3 is 0 Å². The van der Waals surface area contributed by atoms with Crippen LogP contribution < -0.4 is 10.1 Å². The van der Waals surface area contributed by atoms with Gasteiger partial charge in [-0.3, -0.25) is 9.36 Å². The van der Waals surface area contributed by atoms with Crippen LogP contribution in [-0.4, -0.2) is 34.4 Å². The van der Waals surface area contributed by atoms with Gasteiger partial charge in [0.1, 0.15) is 5.75 Å². The number of nitrogens with zero attached hydrogens (tertiary/aromatic N) is 2. The van der Waals surface area contributed by atoms with Gasteiger partial charge in [0.05, 0.1) is 6.61 Å². The van der Waals surface area contributed by atoms with Crippen molar-refractivity contribution in [2.75, 3.05) is 12.9 Å². The van der Waals surface area contributed by atoms with Crippen LogP contribution in [0.25, 0.3) is 5.69 Å². The first-order chi connectivity index (χ1) is 13.2. The zero-order chi connectivity index (χ0) is 18.8. The summed E-state index contributed by atoms with van der Waals surface area (Å²) >= 11 is 1.57. The lowest BCUT2D eigenvalue weighted by Gasteiger charge is -2.20. The maximum Gasteiger partial charge on any atom is 0.251 e. The maximum atomic E-state index is 12.8. The van der Waals surface area contributed by atoms with E-state index in [1.165, 1.54) is 0 Å². The molecule has 1 amide bonds. The zero-order valence-corrected chi connectivity index (χ0v) is 16.1. The van der Waals surface area contributed by atoms with Gasteiger partial charge in [-0.05, 0) is 37.4 Å². The van der Waals surface area contributed by atoms with E-state index < -0.39 is 0 Å². The van der Waals surface area contributed by atoms with Crippen LogP contribution in [0.2, 0.25) is 0 Å². The van der Waals surface area contributed by atoms with Crippen molar-refractivity contribution in [1.29, 1.82) is 0 Å². The Morgan fingerprint density at radius 1 is 1.30 bits per heavy atom. The molecule has 0 radical (unpaired) electrons. The molecule has 2 atom stereocenters. The minimum atomic E-state index is -0.0838. The molecule has 1 aliphatic heterocycles. The molecule has 1 N–H and O–H groups in total. The van der Waals surface area contributed by atoms with Crippen molar-refractivity contribution >= 4 is 17.7 Å². The summed E-state index contributed by atoms with van der Waals surface area (Å²) in [6, 6.07) is 15.6. The molecular weight excluding hydrogens is 358 g/mol. The highest BCUT2D eigenvalue weighted by molar-refractivity contribution is 7.98. The SMILES string of the molecule is CSc1nccn1-c1cccc(C(=O)NC(C)C2COc3ccccc32)c1. The Labute approximate surface area is 162 Å². The second-order valence-corrected chi connectivity index (χ2v) is 7.33. The third kappa shape index (κ3) is 3.45. The highest BCUT2D eigenvalue weighted by atomic mass is 32.2. The fourth-order valence-corrected chi connectivity index (χ4v) is 3.96. The number of fused-ring (bicyclic) bond motifs is 1. The largest absolute Gasteiger partial charge is 0.493 e. The Morgan fingerprint density at radius 3 is 3.00 bits per heavy atom. The molecule has 0 saturated heterocycles. The molecule has 0 saturated carbocycles. The molecule has 4 rings (SSSR count). The number of amides is 1. The number of para-hydroxylation sites is 1.